The van der Waals surface area contributed by atoms with Crippen LogP contribution in [0.3, 0.4) is 0 Å². The number of rotatable bonds is 6. The molecular weight excluding hydrogens is 752 g/mol. The molecule has 0 aromatic rings. The summed E-state index contributed by atoms with van der Waals surface area (Å²) in [7, 11) is 5.04. The van der Waals surface area contributed by atoms with Crippen molar-refractivity contribution in [3.05, 3.63) is 55.7 Å². The standard InChI is InChI=1S/C20H16O8S4Te2/c1-25-16(21)12-13(17(22)26-2)30-10(29-12)7-9(20-33-5-6-34-20)8-11-31-14(18(23)27-3)15(32-11)19(24)28-4/h5-8H,1-4H3. The Balaban J connectivity index is 1.95. The minimum atomic E-state index is -0.601. The van der Waals surface area contributed by atoms with Gasteiger partial charge in [0.1, 0.15) is 0 Å². The summed E-state index contributed by atoms with van der Waals surface area (Å²) in [6, 6.07) is 0. The molecule has 0 saturated heterocycles. The van der Waals surface area contributed by atoms with Gasteiger partial charge in [0.15, 0.2) is 0 Å². The summed E-state index contributed by atoms with van der Waals surface area (Å²) in [6.07, 6.45) is 3.88. The molecule has 0 aromatic carbocycles. The average molecular weight is 768 g/mol. The molecule has 0 radical (unpaired) electrons. The van der Waals surface area contributed by atoms with Gasteiger partial charge < -0.3 is 0 Å². The van der Waals surface area contributed by atoms with Crippen LogP contribution < -0.4 is 0 Å². The van der Waals surface area contributed by atoms with E-state index in [0.29, 0.717) is 0 Å². The third-order valence-electron chi connectivity index (χ3n) is 3.89. The molecule has 0 aromatic heterocycles. The van der Waals surface area contributed by atoms with Gasteiger partial charge in [0, 0.05) is 0 Å². The molecule has 8 nitrogen and oxygen atoms in total. The molecule has 14 heteroatoms. The van der Waals surface area contributed by atoms with E-state index < -0.39 is 65.7 Å². The SMILES string of the molecule is COC(=O)C1=C(C(=O)OC)SC(=CC(C=C2SC(C(=O)OC)=C(C(=O)OC)S2)=C2[Te]C=C[Te]2)S1. The Bertz CT molecular complexity index is 989. The Kier molecular flexibility index (Phi) is 10.7. The van der Waals surface area contributed by atoms with Crippen molar-refractivity contribution >= 4 is 113 Å². The summed E-state index contributed by atoms with van der Waals surface area (Å²) in [5.41, 5.74) is 0.963. The van der Waals surface area contributed by atoms with E-state index in [1.54, 1.807) is 0 Å². The van der Waals surface area contributed by atoms with E-state index in [1.165, 1.54) is 30.1 Å². The Morgan fingerprint density at radius 3 is 1.18 bits per heavy atom. The fraction of sp³-hybridized carbons (Fsp3) is 0.200. The second-order valence-corrected chi connectivity index (χ2v) is 18.3. The second-order valence-electron chi connectivity index (χ2n) is 5.87. The van der Waals surface area contributed by atoms with E-state index in [-0.39, 0.29) is 19.6 Å². The van der Waals surface area contributed by atoms with Crippen LogP contribution >= 0.6 is 47.0 Å². The van der Waals surface area contributed by atoms with E-state index in [4.69, 9.17) is 18.9 Å². The van der Waals surface area contributed by atoms with Crippen LogP contribution in [0, 0.1) is 0 Å². The van der Waals surface area contributed by atoms with Gasteiger partial charge in [0.2, 0.25) is 0 Å². The molecule has 0 N–H and O–H groups in total. The van der Waals surface area contributed by atoms with Crippen LogP contribution in [0.5, 0.6) is 0 Å². The van der Waals surface area contributed by atoms with E-state index in [0.717, 1.165) is 61.1 Å². The topological polar surface area (TPSA) is 105 Å². The van der Waals surface area contributed by atoms with Crippen molar-refractivity contribution in [2.75, 3.05) is 28.4 Å². The van der Waals surface area contributed by atoms with Crippen molar-refractivity contribution in [3.63, 3.8) is 0 Å². The van der Waals surface area contributed by atoms with Crippen LogP contribution in [-0.4, -0.2) is 94.2 Å². The van der Waals surface area contributed by atoms with Crippen molar-refractivity contribution in [2.45, 2.75) is 0 Å². The van der Waals surface area contributed by atoms with Crippen LogP contribution in [0.4, 0.5) is 0 Å². The molecular formula is C20H16O8S4Te2. The first-order valence-corrected chi connectivity index (χ1v) is 17.3. The van der Waals surface area contributed by atoms with Gasteiger partial charge in [-0.25, -0.2) is 0 Å². The molecule has 0 spiro atoms. The number of carbonyl (C=O) groups excluding carboxylic acids is 4. The molecule has 34 heavy (non-hydrogen) atoms. The van der Waals surface area contributed by atoms with Crippen LogP contribution in [-0.2, 0) is 38.1 Å². The van der Waals surface area contributed by atoms with Crippen molar-refractivity contribution in [1.29, 1.82) is 0 Å². The van der Waals surface area contributed by atoms with Gasteiger partial charge in [-0.05, 0) is 0 Å². The van der Waals surface area contributed by atoms with Crippen molar-refractivity contribution in [1.82, 2.24) is 0 Å². The average Bonchev–Trinajstić information content (AvgIpc) is 3.61. The number of thioether (sulfide) groups is 4. The predicted molar refractivity (Wildman–Crippen MR) is 136 cm³/mol. The number of carbonyl (C=O) groups is 4. The van der Waals surface area contributed by atoms with Gasteiger partial charge in [0.05, 0.1) is 0 Å². The van der Waals surface area contributed by atoms with E-state index in [9.17, 15) is 19.2 Å². The fourth-order valence-corrected chi connectivity index (χ4v) is 15.1. The molecule has 3 aliphatic heterocycles. The maximum atomic E-state index is 12.2. The quantitative estimate of drug-likeness (QED) is 0.226. The third-order valence-corrected chi connectivity index (χ3v) is 18.2. The zero-order valence-electron chi connectivity index (χ0n) is 18.0. The molecule has 0 saturated carbocycles. The number of esters is 4. The van der Waals surface area contributed by atoms with Crippen LogP contribution in [0.2, 0.25) is 0 Å². The minimum absolute atomic E-state index is 0.187. The number of methoxy groups -OCH3 is 4. The molecule has 0 bridgehead atoms. The van der Waals surface area contributed by atoms with Gasteiger partial charge in [-0.1, -0.05) is 0 Å². The molecule has 0 atom stereocenters. The van der Waals surface area contributed by atoms with Gasteiger partial charge in [-0.2, -0.15) is 0 Å². The maximum absolute atomic E-state index is 12.2. The molecule has 3 rings (SSSR count). The molecule has 3 heterocycles. The number of ether oxygens (including phenoxy) is 4. The van der Waals surface area contributed by atoms with Crippen molar-refractivity contribution < 1.29 is 38.1 Å². The third kappa shape index (κ3) is 6.54. The summed E-state index contributed by atoms with van der Waals surface area (Å²) in [5.74, 6) is -2.41. The first-order chi connectivity index (χ1) is 16.3. The fourth-order valence-electron chi connectivity index (χ4n) is 2.41. The Morgan fingerprint density at radius 2 is 0.912 bits per heavy atom. The molecule has 0 amide bonds. The first-order valence-electron chi connectivity index (χ1n) is 9.02. The zero-order chi connectivity index (χ0) is 24.8. The van der Waals surface area contributed by atoms with Gasteiger partial charge in [-0.3, -0.25) is 0 Å². The van der Waals surface area contributed by atoms with E-state index >= 15 is 0 Å². The normalized spacial score (nSPS) is 17.2. The molecule has 180 valence electrons. The Morgan fingerprint density at radius 1 is 0.618 bits per heavy atom. The van der Waals surface area contributed by atoms with Crippen molar-refractivity contribution in [3.8, 4) is 0 Å². The summed E-state index contributed by atoms with van der Waals surface area (Å²) in [4.78, 5) is 49.5. The van der Waals surface area contributed by atoms with Crippen LogP contribution in [0.15, 0.2) is 55.7 Å². The van der Waals surface area contributed by atoms with Gasteiger partial charge >= 0.3 is 235 Å². The molecule has 3 aliphatic rings. The number of hydrogen-bond acceptors (Lipinski definition) is 12. The Hall–Kier alpha value is -0.701. The number of hydrogen-bond donors (Lipinski definition) is 0. The predicted octanol–water partition coefficient (Wildman–Crippen LogP) is 2.85. The van der Waals surface area contributed by atoms with Crippen LogP contribution in [0.25, 0.3) is 0 Å². The zero-order valence-corrected chi connectivity index (χ0v) is 26.0. The molecule has 0 fully saturated rings. The summed E-state index contributed by atoms with van der Waals surface area (Å²) < 4.78 is 26.6. The molecule has 0 unspecified atom stereocenters. The summed E-state index contributed by atoms with van der Waals surface area (Å²) in [5, 5.41) is 0. The second kappa shape index (κ2) is 13.0. The summed E-state index contributed by atoms with van der Waals surface area (Å²) >= 11 is 3.69. The van der Waals surface area contributed by atoms with E-state index in [1.807, 2.05) is 12.2 Å². The van der Waals surface area contributed by atoms with E-state index in [2.05, 4.69) is 8.25 Å². The van der Waals surface area contributed by atoms with Crippen LogP contribution in [0.1, 0.15) is 0 Å². The molecule has 0 aliphatic carbocycles. The summed E-state index contributed by atoms with van der Waals surface area (Å²) in [6.45, 7) is 0. The Labute approximate surface area is 233 Å². The van der Waals surface area contributed by atoms with Gasteiger partial charge in [-0.15, -0.1) is 0 Å². The van der Waals surface area contributed by atoms with Crippen molar-refractivity contribution in [2.24, 2.45) is 0 Å². The van der Waals surface area contributed by atoms with Gasteiger partial charge in [0.25, 0.3) is 0 Å². The first kappa shape index (κ1) is 27.9. The number of allylic oxidation sites excluding steroid dienone is 3. The monoisotopic (exact) mass is 772 g/mol.